The van der Waals surface area contributed by atoms with E-state index in [0.29, 0.717) is 17.6 Å². The van der Waals surface area contributed by atoms with E-state index in [2.05, 4.69) is 56.1 Å². The van der Waals surface area contributed by atoms with Gasteiger partial charge in [0.25, 0.3) is 5.91 Å². The second-order valence-electron chi connectivity index (χ2n) is 11.4. The van der Waals surface area contributed by atoms with Crippen LogP contribution in [0.5, 0.6) is 5.75 Å². The largest absolute Gasteiger partial charge is 0.491 e. The average Bonchev–Trinajstić information content (AvgIpc) is 3.35. The van der Waals surface area contributed by atoms with Crippen LogP contribution in [0.4, 0.5) is 0 Å². The molecule has 2 atom stereocenters. The lowest BCUT2D eigenvalue weighted by atomic mass is 9.87. The highest BCUT2D eigenvalue weighted by atomic mass is 16.5. The van der Waals surface area contributed by atoms with Crippen LogP contribution in [0.3, 0.4) is 0 Å². The van der Waals surface area contributed by atoms with Gasteiger partial charge in [0, 0.05) is 31.3 Å². The number of aryl methyl sites for hydroxylation is 1. The van der Waals surface area contributed by atoms with Gasteiger partial charge < -0.3 is 14.8 Å². The number of nitrogens with one attached hydrogen (secondary N) is 1. The van der Waals surface area contributed by atoms with Crippen LogP contribution in [-0.4, -0.2) is 49.3 Å². The first kappa shape index (κ1) is 25.7. The third-order valence-electron chi connectivity index (χ3n) is 6.96. The summed E-state index contributed by atoms with van der Waals surface area (Å²) in [7, 11) is 0. The monoisotopic (exact) mass is 478 g/mol. The fourth-order valence-corrected chi connectivity index (χ4v) is 5.17. The lowest BCUT2D eigenvalue weighted by Crippen LogP contribution is -2.39. The van der Waals surface area contributed by atoms with Crippen molar-refractivity contribution in [2.75, 3.05) is 26.3 Å². The molecule has 0 radical (unpaired) electrons. The molecule has 0 bridgehead atoms. The van der Waals surface area contributed by atoms with Crippen LogP contribution in [0, 0.1) is 5.41 Å². The Morgan fingerprint density at radius 1 is 1.11 bits per heavy atom. The SMILES string of the molecule is CCN(Cc1ccc2c(c1)CC[C@H](NC(=O)c1ccc(OC[C@@H]3CCCO3)cc1)C2)CC(C)(C)C. The normalized spacial score (nSPS) is 20.0. The van der Waals surface area contributed by atoms with E-state index in [1.54, 1.807) is 0 Å². The maximum absolute atomic E-state index is 12.8. The third-order valence-corrected chi connectivity index (χ3v) is 6.96. The highest BCUT2D eigenvalue weighted by Crippen LogP contribution is 2.25. The predicted molar refractivity (Wildman–Crippen MR) is 141 cm³/mol. The third kappa shape index (κ3) is 7.55. The maximum atomic E-state index is 12.8. The number of amides is 1. The Morgan fingerprint density at radius 3 is 2.60 bits per heavy atom. The summed E-state index contributed by atoms with van der Waals surface area (Å²) >= 11 is 0. The molecule has 5 heteroatoms. The first-order chi connectivity index (χ1) is 16.8. The van der Waals surface area contributed by atoms with Crippen molar-refractivity contribution in [3.8, 4) is 5.75 Å². The Morgan fingerprint density at radius 2 is 1.91 bits per heavy atom. The number of carbonyl (C=O) groups excluding carboxylic acids is 1. The van der Waals surface area contributed by atoms with E-state index in [0.717, 1.165) is 64.1 Å². The van der Waals surface area contributed by atoms with Gasteiger partial charge in [0.15, 0.2) is 0 Å². The summed E-state index contributed by atoms with van der Waals surface area (Å²) in [5.74, 6) is 0.769. The van der Waals surface area contributed by atoms with Crippen molar-refractivity contribution in [3.05, 3.63) is 64.7 Å². The van der Waals surface area contributed by atoms with Crippen LogP contribution < -0.4 is 10.1 Å². The Bertz CT molecular complexity index is 974. The van der Waals surface area contributed by atoms with Gasteiger partial charge in [-0.05, 0) is 85.0 Å². The van der Waals surface area contributed by atoms with Gasteiger partial charge in [0.1, 0.15) is 12.4 Å². The number of fused-ring (bicyclic) bond motifs is 1. The number of hydrogen-bond donors (Lipinski definition) is 1. The lowest BCUT2D eigenvalue weighted by molar-refractivity contribution is 0.0679. The smallest absolute Gasteiger partial charge is 0.251 e. The first-order valence-electron chi connectivity index (χ1n) is 13.3. The number of ether oxygens (including phenoxy) is 2. The molecule has 5 nitrogen and oxygen atoms in total. The fraction of sp³-hybridized carbons (Fsp3) is 0.567. The molecule has 1 aliphatic carbocycles. The highest BCUT2D eigenvalue weighted by Gasteiger charge is 2.22. The number of carbonyl (C=O) groups is 1. The van der Waals surface area contributed by atoms with Crippen molar-refractivity contribution in [1.82, 2.24) is 10.2 Å². The molecule has 4 rings (SSSR count). The minimum Gasteiger partial charge on any atom is -0.491 e. The summed E-state index contributed by atoms with van der Waals surface area (Å²) in [6, 6.07) is 14.5. The van der Waals surface area contributed by atoms with Crippen LogP contribution in [0.2, 0.25) is 0 Å². The minimum atomic E-state index is -0.0125. The summed E-state index contributed by atoms with van der Waals surface area (Å²) in [5, 5.41) is 3.25. The molecule has 0 spiro atoms. The Hall–Kier alpha value is -2.37. The van der Waals surface area contributed by atoms with Crippen molar-refractivity contribution in [1.29, 1.82) is 0 Å². The van der Waals surface area contributed by atoms with Gasteiger partial charge in [-0.2, -0.15) is 0 Å². The van der Waals surface area contributed by atoms with Crippen LogP contribution in [0.15, 0.2) is 42.5 Å². The van der Waals surface area contributed by atoms with Crippen LogP contribution in [0.1, 0.15) is 74.0 Å². The van der Waals surface area contributed by atoms with Gasteiger partial charge in [-0.3, -0.25) is 9.69 Å². The van der Waals surface area contributed by atoms with E-state index < -0.39 is 0 Å². The molecule has 0 saturated carbocycles. The predicted octanol–water partition coefficient (Wildman–Crippen LogP) is 5.40. The van der Waals surface area contributed by atoms with Gasteiger partial charge >= 0.3 is 0 Å². The van der Waals surface area contributed by atoms with Crippen LogP contribution in [-0.2, 0) is 24.1 Å². The summed E-state index contributed by atoms with van der Waals surface area (Å²) < 4.78 is 11.4. The molecule has 1 amide bonds. The van der Waals surface area contributed by atoms with E-state index in [4.69, 9.17) is 9.47 Å². The van der Waals surface area contributed by atoms with E-state index in [-0.39, 0.29) is 18.1 Å². The van der Waals surface area contributed by atoms with Gasteiger partial charge in [-0.1, -0.05) is 45.9 Å². The van der Waals surface area contributed by atoms with Gasteiger partial charge in [-0.25, -0.2) is 0 Å². The molecule has 1 N–H and O–H groups in total. The number of rotatable bonds is 9. The van der Waals surface area contributed by atoms with Gasteiger partial charge in [0.2, 0.25) is 0 Å². The number of hydrogen-bond acceptors (Lipinski definition) is 4. The van der Waals surface area contributed by atoms with E-state index in [9.17, 15) is 4.79 Å². The number of nitrogens with zero attached hydrogens (tertiary/aromatic N) is 1. The molecule has 0 unspecified atom stereocenters. The van der Waals surface area contributed by atoms with Crippen molar-refractivity contribution in [2.24, 2.45) is 5.41 Å². The molecule has 1 heterocycles. The zero-order chi connectivity index (χ0) is 24.8. The van der Waals surface area contributed by atoms with Crippen molar-refractivity contribution in [3.63, 3.8) is 0 Å². The Balaban J connectivity index is 1.28. The molecule has 2 aromatic rings. The molecule has 35 heavy (non-hydrogen) atoms. The van der Waals surface area contributed by atoms with Crippen molar-refractivity contribution < 1.29 is 14.3 Å². The summed E-state index contributed by atoms with van der Waals surface area (Å²) in [5.41, 5.74) is 5.16. The molecule has 1 saturated heterocycles. The molecule has 2 aliphatic rings. The van der Waals surface area contributed by atoms with Gasteiger partial charge in [-0.15, -0.1) is 0 Å². The fourth-order valence-electron chi connectivity index (χ4n) is 5.17. The zero-order valence-electron chi connectivity index (χ0n) is 21.9. The van der Waals surface area contributed by atoms with Crippen LogP contribution in [0.25, 0.3) is 0 Å². The summed E-state index contributed by atoms with van der Waals surface area (Å²) in [6.07, 6.45) is 5.23. The second kappa shape index (κ2) is 11.6. The molecular formula is C30H42N2O3. The highest BCUT2D eigenvalue weighted by molar-refractivity contribution is 5.94. The molecule has 0 aromatic heterocycles. The minimum absolute atomic E-state index is 0.0125. The van der Waals surface area contributed by atoms with E-state index in [1.807, 2.05) is 24.3 Å². The molecule has 1 aliphatic heterocycles. The molecular weight excluding hydrogens is 436 g/mol. The summed E-state index contributed by atoms with van der Waals surface area (Å²) in [4.78, 5) is 15.4. The van der Waals surface area contributed by atoms with Crippen molar-refractivity contribution >= 4 is 5.91 Å². The molecule has 190 valence electrons. The number of benzene rings is 2. The second-order valence-corrected chi connectivity index (χ2v) is 11.4. The molecule has 2 aromatic carbocycles. The van der Waals surface area contributed by atoms with Crippen LogP contribution >= 0.6 is 0 Å². The van der Waals surface area contributed by atoms with Gasteiger partial charge in [0.05, 0.1) is 6.10 Å². The Labute approximate surface area is 211 Å². The summed E-state index contributed by atoms with van der Waals surface area (Å²) in [6.45, 7) is 13.7. The van der Waals surface area contributed by atoms with E-state index >= 15 is 0 Å². The topological polar surface area (TPSA) is 50.8 Å². The quantitative estimate of drug-likeness (QED) is 0.524. The molecule has 1 fully saturated rings. The van der Waals surface area contributed by atoms with Crippen molar-refractivity contribution in [2.45, 2.75) is 78.5 Å². The standard InChI is InChI=1S/C30H42N2O3/c1-5-32(21-30(2,3)4)19-22-8-9-25-18-26(13-10-24(25)17-22)31-29(33)23-11-14-27(15-12-23)35-20-28-7-6-16-34-28/h8-9,11-12,14-15,17,26,28H,5-7,10,13,16,18-21H2,1-4H3,(H,31,33)/t26-,28-/m0/s1. The maximum Gasteiger partial charge on any atom is 0.251 e. The lowest BCUT2D eigenvalue weighted by Gasteiger charge is -2.30. The van der Waals surface area contributed by atoms with E-state index in [1.165, 1.54) is 16.7 Å². The average molecular weight is 479 g/mol. The first-order valence-corrected chi connectivity index (χ1v) is 13.3. The zero-order valence-corrected chi connectivity index (χ0v) is 21.9. The Kier molecular flexibility index (Phi) is 8.51.